The number of nitrogens with zero attached hydrogens (tertiary/aromatic N) is 1. The maximum Gasteiger partial charge on any atom is 0.224 e. The number of carbonyl (C=O) groups excluding carboxylic acids is 2. The minimum atomic E-state index is -0.0727. The Balaban J connectivity index is 1.41. The van der Waals surface area contributed by atoms with E-state index in [4.69, 9.17) is 9.47 Å². The van der Waals surface area contributed by atoms with Crippen molar-refractivity contribution in [3.8, 4) is 11.5 Å². The van der Waals surface area contributed by atoms with Gasteiger partial charge in [0.25, 0.3) is 0 Å². The molecule has 6 nitrogen and oxygen atoms in total. The van der Waals surface area contributed by atoms with Crippen LogP contribution in [0.1, 0.15) is 28.8 Å². The molecule has 1 aliphatic rings. The van der Waals surface area contributed by atoms with Crippen LogP contribution in [0, 0.1) is 0 Å². The third kappa shape index (κ3) is 4.84. The molecule has 1 N–H and O–H groups in total. The van der Waals surface area contributed by atoms with Crippen molar-refractivity contribution < 1.29 is 19.1 Å². The van der Waals surface area contributed by atoms with Crippen molar-refractivity contribution >= 4 is 23.2 Å². The molecule has 0 radical (unpaired) electrons. The largest absolute Gasteiger partial charge is 0.493 e. The van der Waals surface area contributed by atoms with Crippen LogP contribution in [0.15, 0.2) is 29.6 Å². The van der Waals surface area contributed by atoms with Crippen molar-refractivity contribution in [3.63, 3.8) is 0 Å². The molecule has 0 fully saturated rings. The van der Waals surface area contributed by atoms with Crippen LogP contribution in [-0.4, -0.2) is 44.0 Å². The van der Waals surface area contributed by atoms with E-state index < -0.39 is 0 Å². The number of aryl methyl sites for hydroxylation is 1. The molecular formula is C21H26N2O4S. The van der Waals surface area contributed by atoms with Crippen LogP contribution in [0.2, 0.25) is 0 Å². The standard InChI is InChI=1S/C21H26N2O4S/c1-26-17-5-3-4-15(21(17)27-2)6-7-19(24)22-11-8-20(25)23-12-9-18-16(14-23)10-13-28-18/h3-5,10,13H,6-9,11-12,14H2,1-2H3,(H,22,24). The van der Waals surface area contributed by atoms with Gasteiger partial charge in [0.05, 0.1) is 14.2 Å². The molecule has 0 spiro atoms. The predicted molar refractivity (Wildman–Crippen MR) is 109 cm³/mol. The number of fused-ring (bicyclic) bond motifs is 1. The molecule has 3 rings (SSSR count). The minimum absolute atomic E-state index is 0.0727. The van der Waals surface area contributed by atoms with E-state index >= 15 is 0 Å². The number of rotatable bonds is 8. The van der Waals surface area contributed by atoms with Crippen molar-refractivity contribution in [1.82, 2.24) is 10.2 Å². The lowest BCUT2D eigenvalue weighted by atomic mass is 10.1. The highest BCUT2D eigenvalue weighted by atomic mass is 32.1. The SMILES string of the molecule is COc1cccc(CCC(=O)NCCC(=O)N2CCc3sccc3C2)c1OC. The molecule has 2 aromatic rings. The number of amides is 2. The molecular weight excluding hydrogens is 376 g/mol. The summed E-state index contributed by atoms with van der Waals surface area (Å²) < 4.78 is 10.7. The third-order valence-corrected chi connectivity index (χ3v) is 5.95. The van der Waals surface area contributed by atoms with Crippen LogP contribution in [-0.2, 0) is 29.0 Å². The number of nitrogens with one attached hydrogen (secondary N) is 1. The molecule has 0 unspecified atom stereocenters. The lowest BCUT2D eigenvalue weighted by Crippen LogP contribution is -2.37. The third-order valence-electron chi connectivity index (χ3n) is 4.93. The Morgan fingerprint density at radius 1 is 1.18 bits per heavy atom. The first-order valence-electron chi connectivity index (χ1n) is 9.42. The van der Waals surface area contributed by atoms with Gasteiger partial charge < -0.3 is 19.7 Å². The molecule has 0 saturated heterocycles. The Hall–Kier alpha value is -2.54. The summed E-state index contributed by atoms with van der Waals surface area (Å²) in [6.07, 6.45) is 2.13. The number of methoxy groups -OCH3 is 2. The number of carbonyl (C=O) groups is 2. The second kappa shape index (κ2) is 9.59. The van der Waals surface area contributed by atoms with Crippen molar-refractivity contribution in [2.24, 2.45) is 0 Å². The molecule has 0 atom stereocenters. The van der Waals surface area contributed by atoms with E-state index in [2.05, 4.69) is 16.8 Å². The van der Waals surface area contributed by atoms with Crippen LogP contribution in [0.3, 0.4) is 0 Å². The summed E-state index contributed by atoms with van der Waals surface area (Å²) in [5.41, 5.74) is 2.17. The van der Waals surface area contributed by atoms with Crippen LogP contribution in [0.25, 0.3) is 0 Å². The van der Waals surface area contributed by atoms with E-state index in [0.717, 1.165) is 18.5 Å². The van der Waals surface area contributed by atoms with Crippen molar-refractivity contribution in [1.29, 1.82) is 0 Å². The maximum absolute atomic E-state index is 12.4. The summed E-state index contributed by atoms with van der Waals surface area (Å²) in [5.74, 6) is 1.33. The molecule has 1 aromatic heterocycles. The molecule has 2 heterocycles. The van der Waals surface area contributed by atoms with Gasteiger partial charge in [0.15, 0.2) is 11.5 Å². The molecule has 0 bridgehead atoms. The number of thiophene rings is 1. The van der Waals surface area contributed by atoms with Crippen molar-refractivity contribution in [2.75, 3.05) is 27.3 Å². The molecule has 0 saturated carbocycles. The number of hydrogen-bond donors (Lipinski definition) is 1. The topological polar surface area (TPSA) is 67.9 Å². The van der Waals surface area contributed by atoms with Gasteiger partial charge in [-0.1, -0.05) is 12.1 Å². The number of ether oxygens (including phenoxy) is 2. The van der Waals surface area contributed by atoms with Crippen LogP contribution in [0.4, 0.5) is 0 Å². The molecule has 0 aliphatic carbocycles. The number of benzene rings is 1. The Kier molecular flexibility index (Phi) is 6.92. The van der Waals surface area contributed by atoms with E-state index in [0.29, 0.717) is 43.9 Å². The van der Waals surface area contributed by atoms with Gasteiger partial charge in [0.1, 0.15) is 0 Å². The minimum Gasteiger partial charge on any atom is -0.493 e. The fourth-order valence-electron chi connectivity index (χ4n) is 3.42. The fourth-order valence-corrected chi connectivity index (χ4v) is 4.31. The second-order valence-electron chi connectivity index (χ2n) is 6.69. The molecule has 28 heavy (non-hydrogen) atoms. The zero-order chi connectivity index (χ0) is 19.9. The van der Waals surface area contributed by atoms with Crippen molar-refractivity contribution in [3.05, 3.63) is 45.6 Å². The average Bonchev–Trinajstić information content (AvgIpc) is 3.19. The normalized spacial score (nSPS) is 13.0. The van der Waals surface area contributed by atoms with E-state index in [1.165, 1.54) is 10.4 Å². The van der Waals surface area contributed by atoms with Gasteiger partial charge in [-0.2, -0.15) is 0 Å². The molecule has 2 amide bonds. The van der Waals surface area contributed by atoms with E-state index in [1.54, 1.807) is 25.6 Å². The summed E-state index contributed by atoms with van der Waals surface area (Å²) >= 11 is 1.76. The Bertz CT molecular complexity index is 834. The highest BCUT2D eigenvalue weighted by Gasteiger charge is 2.21. The highest BCUT2D eigenvalue weighted by Crippen LogP contribution is 2.31. The van der Waals surface area contributed by atoms with Crippen LogP contribution < -0.4 is 14.8 Å². The lowest BCUT2D eigenvalue weighted by molar-refractivity contribution is -0.132. The first kappa shape index (κ1) is 20.2. The van der Waals surface area contributed by atoms with Gasteiger partial charge in [-0.05, 0) is 41.5 Å². The van der Waals surface area contributed by atoms with Gasteiger partial charge in [-0.3, -0.25) is 9.59 Å². The van der Waals surface area contributed by atoms with E-state index in [-0.39, 0.29) is 11.8 Å². The quantitative estimate of drug-likeness (QED) is 0.737. The summed E-state index contributed by atoms with van der Waals surface area (Å²) in [6, 6.07) is 7.72. The fraction of sp³-hybridized carbons (Fsp3) is 0.429. The summed E-state index contributed by atoms with van der Waals surface area (Å²) in [4.78, 5) is 27.8. The van der Waals surface area contributed by atoms with Gasteiger partial charge >= 0.3 is 0 Å². The monoisotopic (exact) mass is 402 g/mol. The second-order valence-corrected chi connectivity index (χ2v) is 7.69. The van der Waals surface area contributed by atoms with E-state index in [1.807, 2.05) is 23.1 Å². The zero-order valence-electron chi connectivity index (χ0n) is 16.3. The highest BCUT2D eigenvalue weighted by molar-refractivity contribution is 7.10. The van der Waals surface area contributed by atoms with Gasteiger partial charge in [0.2, 0.25) is 11.8 Å². The molecule has 7 heteroatoms. The smallest absolute Gasteiger partial charge is 0.224 e. The Morgan fingerprint density at radius 2 is 2.04 bits per heavy atom. The molecule has 1 aromatic carbocycles. The molecule has 1 aliphatic heterocycles. The summed E-state index contributed by atoms with van der Waals surface area (Å²) in [7, 11) is 3.18. The van der Waals surface area contributed by atoms with E-state index in [9.17, 15) is 9.59 Å². The Morgan fingerprint density at radius 3 is 2.82 bits per heavy atom. The summed E-state index contributed by atoms with van der Waals surface area (Å²) in [6.45, 7) is 1.80. The van der Waals surface area contributed by atoms with Gasteiger partial charge in [0, 0.05) is 37.4 Å². The first-order chi connectivity index (χ1) is 13.6. The number of hydrogen-bond acceptors (Lipinski definition) is 5. The van der Waals surface area contributed by atoms with Crippen molar-refractivity contribution in [2.45, 2.75) is 32.2 Å². The van der Waals surface area contributed by atoms with Gasteiger partial charge in [-0.25, -0.2) is 0 Å². The van der Waals surface area contributed by atoms with Crippen LogP contribution >= 0.6 is 11.3 Å². The Labute approximate surface area is 169 Å². The summed E-state index contributed by atoms with van der Waals surface area (Å²) in [5, 5.41) is 4.93. The molecule has 150 valence electrons. The lowest BCUT2D eigenvalue weighted by Gasteiger charge is -2.27. The average molecular weight is 403 g/mol. The maximum atomic E-state index is 12.4. The number of para-hydroxylation sites is 1. The van der Waals surface area contributed by atoms with Gasteiger partial charge in [-0.15, -0.1) is 11.3 Å². The van der Waals surface area contributed by atoms with Crippen LogP contribution in [0.5, 0.6) is 11.5 Å². The predicted octanol–water partition coefficient (Wildman–Crippen LogP) is 2.79. The zero-order valence-corrected chi connectivity index (χ0v) is 17.1. The first-order valence-corrected chi connectivity index (χ1v) is 10.3.